The third-order valence-electron chi connectivity index (χ3n) is 4.86. The summed E-state index contributed by atoms with van der Waals surface area (Å²) in [5.41, 5.74) is 0. The van der Waals surface area contributed by atoms with Crippen LogP contribution in [0, 0.1) is 11.8 Å². The molecule has 0 aromatic carbocycles. The monoisotopic (exact) mass is 332 g/mol. The quantitative estimate of drug-likeness (QED) is 0.708. The summed E-state index contributed by atoms with van der Waals surface area (Å²) < 4.78 is 29.9. The molecule has 3 heterocycles. The van der Waals surface area contributed by atoms with E-state index in [1.54, 1.807) is 4.90 Å². The van der Waals surface area contributed by atoms with Crippen molar-refractivity contribution in [3.63, 3.8) is 0 Å². The summed E-state index contributed by atoms with van der Waals surface area (Å²) in [6.07, 6.45) is 1.87. The molecule has 8 nitrogen and oxygen atoms in total. The first kappa shape index (κ1) is 15.7. The van der Waals surface area contributed by atoms with E-state index in [-0.39, 0.29) is 31.2 Å². The number of rotatable bonds is 3. The molecule has 1 amide bonds. The molecule has 3 aliphatic rings. The van der Waals surface area contributed by atoms with E-state index in [0.717, 1.165) is 6.26 Å². The van der Waals surface area contributed by atoms with Crippen LogP contribution in [0.3, 0.4) is 0 Å². The van der Waals surface area contributed by atoms with Crippen molar-refractivity contribution >= 4 is 21.9 Å². The maximum Gasteiger partial charge on any atom is 0.310 e. The lowest BCUT2D eigenvalue weighted by Gasteiger charge is -2.36. The standard InChI is InChI=1S/C13H20N2O6S/c1-22(19,20)15-6-4-14(5-7-15)12(16)10-8-2-3-9(21-8)11(10)13(17)18/h8-11H,2-7H2,1H3,(H,17,18)/t8-,9+,10-,11-/m0/s1. The van der Waals surface area contributed by atoms with Gasteiger partial charge in [0.15, 0.2) is 0 Å². The average Bonchev–Trinajstić information content (AvgIpc) is 3.06. The van der Waals surface area contributed by atoms with Crippen molar-refractivity contribution in [1.29, 1.82) is 0 Å². The molecule has 2 bridgehead atoms. The SMILES string of the molecule is CS(=O)(=O)N1CCN(C(=O)[C@@H]2[C@@H](C(=O)O)[C@H]3CC[C@@H]2O3)CC1. The van der Waals surface area contributed by atoms with E-state index >= 15 is 0 Å². The number of amides is 1. The van der Waals surface area contributed by atoms with Gasteiger partial charge in [-0.25, -0.2) is 8.42 Å². The van der Waals surface area contributed by atoms with Crippen molar-refractivity contribution in [2.45, 2.75) is 25.0 Å². The van der Waals surface area contributed by atoms with Crippen LogP contribution in [0.5, 0.6) is 0 Å². The van der Waals surface area contributed by atoms with Crippen LogP contribution < -0.4 is 0 Å². The highest BCUT2D eigenvalue weighted by Gasteiger charge is 2.56. The fraction of sp³-hybridized carbons (Fsp3) is 0.846. The molecule has 3 fully saturated rings. The van der Waals surface area contributed by atoms with Gasteiger partial charge in [0.25, 0.3) is 0 Å². The highest BCUT2D eigenvalue weighted by Crippen LogP contribution is 2.44. The van der Waals surface area contributed by atoms with Crippen molar-refractivity contribution in [1.82, 2.24) is 9.21 Å². The van der Waals surface area contributed by atoms with Crippen LogP contribution in [0.15, 0.2) is 0 Å². The number of carboxylic acid groups (broad SMARTS) is 1. The van der Waals surface area contributed by atoms with Gasteiger partial charge < -0.3 is 14.7 Å². The van der Waals surface area contributed by atoms with Gasteiger partial charge in [0.2, 0.25) is 15.9 Å². The molecule has 0 aliphatic carbocycles. The van der Waals surface area contributed by atoms with E-state index < -0.39 is 27.8 Å². The van der Waals surface area contributed by atoms with Crippen LogP contribution in [-0.2, 0) is 24.3 Å². The van der Waals surface area contributed by atoms with Gasteiger partial charge in [-0.1, -0.05) is 0 Å². The number of ether oxygens (including phenoxy) is 1. The van der Waals surface area contributed by atoms with Gasteiger partial charge in [0.1, 0.15) is 0 Å². The maximum absolute atomic E-state index is 12.7. The Labute approximate surface area is 129 Å². The molecule has 22 heavy (non-hydrogen) atoms. The highest BCUT2D eigenvalue weighted by atomic mass is 32.2. The summed E-state index contributed by atoms with van der Waals surface area (Å²) in [6, 6.07) is 0. The normalized spacial score (nSPS) is 35.8. The second kappa shape index (κ2) is 5.47. The Hall–Kier alpha value is -1.19. The third-order valence-corrected chi connectivity index (χ3v) is 6.17. The van der Waals surface area contributed by atoms with Gasteiger partial charge in [-0.15, -0.1) is 0 Å². The summed E-state index contributed by atoms with van der Waals surface area (Å²) in [7, 11) is -3.25. The van der Waals surface area contributed by atoms with Crippen LogP contribution >= 0.6 is 0 Å². The highest BCUT2D eigenvalue weighted by molar-refractivity contribution is 7.88. The zero-order valence-electron chi connectivity index (χ0n) is 12.3. The Bertz CT molecular complexity index is 583. The fourth-order valence-corrected chi connectivity index (χ4v) is 4.58. The Morgan fingerprint density at radius 2 is 1.59 bits per heavy atom. The zero-order valence-corrected chi connectivity index (χ0v) is 13.2. The predicted molar refractivity (Wildman–Crippen MR) is 75.5 cm³/mol. The zero-order chi connectivity index (χ0) is 16.1. The first-order chi connectivity index (χ1) is 10.3. The number of carbonyl (C=O) groups excluding carboxylic acids is 1. The van der Waals surface area contributed by atoms with Gasteiger partial charge in [0.05, 0.1) is 30.3 Å². The van der Waals surface area contributed by atoms with Crippen molar-refractivity contribution in [3.05, 3.63) is 0 Å². The Morgan fingerprint density at radius 3 is 2.09 bits per heavy atom. The van der Waals surface area contributed by atoms with Gasteiger partial charge in [-0.05, 0) is 12.8 Å². The molecular formula is C13H20N2O6S. The van der Waals surface area contributed by atoms with E-state index in [4.69, 9.17) is 4.74 Å². The maximum atomic E-state index is 12.7. The minimum Gasteiger partial charge on any atom is -0.481 e. The van der Waals surface area contributed by atoms with Crippen molar-refractivity contribution in [2.75, 3.05) is 32.4 Å². The molecule has 0 saturated carbocycles. The first-order valence-electron chi connectivity index (χ1n) is 7.41. The fourth-order valence-electron chi connectivity index (χ4n) is 3.76. The second-order valence-electron chi connectivity index (χ2n) is 6.17. The van der Waals surface area contributed by atoms with Crippen molar-refractivity contribution in [3.8, 4) is 0 Å². The van der Waals surface area contributed by atoms with Gasteiger partial charge in [0, 0.05) is 26.2 Å². The lowest BCUT2D eigenvalue weighted by atomic mass is 9.78. The molecule has 0 aromatic heterocycles. The molecule has 0 aromatic rings. The van der Waals surface area contributed by atoms with Crippen molar-refractivity contribution in [2.24, 2.45) is 11.8 Å². The molecule has 3 rings (SSSR count). The van der Waals surface area contributed by atoms with E-state index in [1.165, 1.54) is 4.31 Å². The molecule has 4 atom stereocenters. The van der Waals surface area contributed by atoms with Gasteiger partial charge in [-0.3, -0.25) is 9.59 Å². The van der Waals surface area contributed by atoms with Crippen LogP contribution in [0.1, 0.15) is 12.8 Å². The summed E-state index contributed by atoms with van der Waals surface area (Å²) in [5.74, 6) is -2.62. The van der Waals surface area contributed by atoms with E-state index in [2.05, 4.69) is 0 Å². The summed E-state index contributed by atoms with van der Waals surface area (Å²) in [5, 5.41) is 9.36. The van der Waals surface area contributed by atoms with Crippen LogP contribution in [0.2, 0.25) is 0 Å². The number of hydrogen-bond acceptors (Lipinski definition) is 5. The van der Waals surface area contributed by atoms with Crippen LogP contribution in [0.4, 0.5) is 0 Å². The topological polar surface area (TPSA) is 104 Å². The summed E-state index contributed by atoms with van der Waals surface area (Å²) >= 11 is 0. The Kier molecular flexibility index (Phi) is 3.90. The number of fused-ring (bicyclic) bond motifs is 2. The van der Waals surface area contributed by atoms with E-state index in [0.29, 0.717) is 25.9 Å². The Balaban J connectivity index is 1.69. The number of piperazine rings is 1. The van der Waals surface area contributed by atoms with E-state index in [1.807, 2.05) is 0 Å². The molecule has 1 N–H and O–H groups in total. The molecule has 124 valence electrons. The molecule has 3 saturated heterocycles. The Morgan fingerprint density at radius 1 is 1.05 bits per heavy atom. The summed E-state index contributed by atoms with van der Waals surface area (Å²) in [6.45, 7) is 1.10. The molecular weight excluding hydrogens is 312 g/mol. The van der Waals surface area contributed by atoms with E-state index in [9.17, 15) is 23.1 Å². The number of aliphatic carboxylic acids is 1. The first-order valence-corrected chi connectivity index (χ1v) is 9.26. The average molecular weight is 332 g/mol. The molecule has 0 radical (unpaired) electrons. The molecule has 0 unspecified atom stereocenters. The largest absolute Gasteiger partial charge is 0.481 e. The number of carboxylic acids is 1. The van der Waals surface area contributed by atoms with Gasteiger partial charge >= 0.3 is 5.97 Å². The molecule has 9 heteroatoms. The minimum absolute atomic E-state index is 0.215. The number of nitrogens with zero attached hydrogens (tertiary/aromatic N) is 2. The van der Waals surface area contributed by atoms with Crippen molar-refractivity contribution < 1.29 is 27.9 Å². The van der Waals surface area contributed by atoms with Crippen LogP contribution in [-0.4, -0.2) is 79.2 Å². The minimum atomic E-state index is -3.25. The summed E-state index contributed by atoms with van der Waals surface area (Å²) in [4.78, 5) is 25.7. The third kappa shape index (κ3) is 2.61. The number of hydrogen-bond donors (Lipinski definition) is 1. The molecule has 3 aliphatic heterocycles. The molecule has 0 spiro atoms. The lowest BCUT2D eigenvalue weighted by molar-refractivity contribution is -0.151. The number of carbonyl (C=O) groups is 2. The smallest absolute Gasteiger partial charge is 0.310 e. The second-order valence-corrected chi connectivity index (χ2v) is 8.15. The number of sulfonamides is 1. The van der Waals surface area contributed by atoms with Gasteiger partial charge in [-0.2, -0.15) is 4.31 Å². The lowest BCUT2D eigenvalue weighted by Crippen LogP contribution is -2.54. The van der Waals surface area contributed by atoms with Crippen LogP contribution in [0.25, 0.3) is 0 Å². The predicted octanol–water partition coefficient (Wildman–Crippen LogP) is -1.03.